The quantitative estimate of drug-likeness (QED) is 0.851. The van der Waals surface area contributed by atoms with Gasteiger partial charge in [-0.15, -0.1) is 0 Å². The minimum atomic E-state index is -0.467. The maximum absolute atomic E-state index is 12.4. The van der Waals surface area contributed by atoms with Gasteiger partial charge >= 0.3 is 0 Å². The van der Waals surface area contributed by atoms with Crippen LogP contribution in [0.2, 0.25) is 5.02 Å². The topological polar surface area (TPSA) is 47.6 Å². The summed E-state index contributed by atoms with van der Waals surface area (Å²) in [4.78, 5) is 12.4. The summed E-state index contributed by atoms with van der Waals surface area (Å²) in [6.45, 7) is 3.70. The molecule has 1 aliphatic rings. The lowest BCUT2D eigenvalue weighted by Gasteiger charge is -2.23. The van der Waals surface area contributed by atoms with Gasteiger partial charge in [0.2, 0.25) is 0 Å². The Morgan fingerprint density at radius 2 is 2.33 bits per heavy atom. The molecule has 1 aromatic carbocycles. The fraction of sp³-hybridized carbons (Fsp3) is 0.462. The summed E-state index contributed by atoms with van der Waals surface area (Å²) in [5.41, 5.74) is 1.33. The smallest absolute Gasteiger partial charge is 0.196 e. The molecule has 1 heterocycles. The van der Waals surface area contributed by atoms with Crippen LogP contribution in [0.25, 0.3) is 0 Å². The fourth-order valence-corrected chi connectivity index (χ4v) is 2.36. The number of Topliss-reactive ketones (excluding diaryl/α,β-unsaturated/α-hetero) is 1. The molecule has 1 fully saturated rings. The number of ketones is 1. The number of morpholine rings is 1. The first-order valence-corrected chi connectivity index (χ1v) is 6.22. The van der Waals surface area contributed by atoms with E-state index in [2.05, 4.69) is 5.32 Å². The molecule has 0 radical (unpaired) electrons. The van der Waals surface area contributed by atoms with Crippen molar-refractivity contribution in [3.63, 3.8) is 0 Å². The lowest BCUT2D eigenvalue weighted by molar-refractivity contribution is 0.0267. The lowest BCUT2D eigenvalue weighted by Crippen LogP contribution is -2.43. The molecule has 5 heteroatoms. The van der Waals surface area contributed by atoms with E-state index in [4.69, 9.17) is 21.1 Å². The van der Waals surface area contributed by atoms with E-state index in [1.165, 1.54) is 0 Å². The molecule has 1 atom stereocenters. The SMILES string of the molecule is COc1c(C)cc(Cl)cc1C(=O)C1CNCCO1. The molecule has 2 rings (SSSR count). The Hall–Kier alpha value is -1.10. The van der Waals surface area contributed by atoms with E-state index in [1.807, 2.05) is 6.92 Å². The average molecular weight is 270 g/mol. The average Bonchev–Trinajstić information content (AvgIpc) is 2.38. The van der Waals surface area contributed by atoms with Gasteiger partial charge in [-0.2, -0.15) is 0 Å². The number of halogens is 1. The summed E-state index contributed by atoms with van der Waals surface area (Å²) in [6, 6.07) is 3.41. The maximum Gasteiger partial charge on any atom is 0.196 e. The molecular weight excluding hydrogens is 254 g/mol. The third-order valence-corrected chi connectivity index (χ3v) is 3.15. The molecule has 0 saturated carbocycles. The number of carbonyl (C=O) groups is 1. The van der Waals surface area contributed by atoms with E-state index in [9.17, 15) is 4.79 Å². The highest BCUT2D eigenvalue weighted by Crippen LogP contribution is 2.29. The highest BCUT2D eigenvalue weighted by Gasteiger charge is 2.26. The summed E-state index contributed by atoms with van der Waals surface area (Å²) < 4.78 is 10.8. The van der Waals surface area contributed by atoms with Crippen LogP contribution < -0.4 is 10.1 Å². The second-order valence-corrected chi connectivity index (χ2v) is 4.67. The van der Waals surface area contributed by atoms with Crippen molar-refractivity contribution < 1.29 is 14.3 Å². The van der Waals surface area contributed by atoms with Crippen LogP contribution in [0.15, 0.2) is 12.1 Å². The van der Waals surface area contributed by atoms with Gasteiger partial charge in [0.25, 0.3) is 0 Å². The van der Waals surface area contributed by atoms with Crippen molar-refractivity contribution in [1.82, 2.24) is 5.32 Å². The van der Waals surface area contributed by atoms with Gasteiger partial charge < -0.3 is 14.8 Å². The fourth-order valence-electron chi connectivity index (χ4n) is 2.09. The summed E-state index contributed by atoms with van der Waals surface area (Å²) in [7, 11) is 1.55. The molecule has 98 valence electrons. The molecule has 1 N–H and O–H groups in total. The number of carbonyl (C=O) groups excluding carboxylic acids is 1. The third kappa shape index (κ3) is 2.66. The van der Waals surface area contributed by atoms with Crippen molar-refractivity contribution in [1.29, 1.82) is 0 Å². The van der Waals surface area contributed by atoms with Gasteiger partial charge in [0, 0.05) is 18.1 Å². The Bertz CT molecular complexity index is 456. The van der Waals surface area contributed by atoms with E-state index >= 15 is 0 Å². The highest BCUT2D eigenvalue weighted by atomic mass is 35.5. The number of ether oxygens (including phenoxy) is 2. The maximum atomic E-state index is 12.4. The summed E-state index contributed by atoms with van der Waals surface area (Å²) in [5, 5.41) is 3.66. The van der Waals surface area contributed by atoms with E-state index in [0.717, 1.165) is 12.1 Å². The van der Waals surface area contributed by atoms with E-state index in [0.29, 0.717) is 29.5 Å². The zero-order valence-electron chi connectivity index (χ0n) is 10.5. The minimum Gasteiger partial charge on any atom is -0.496 e. The zero-order chi connectivity index (χ0) is 13.1. The standard InChI is InChI=1S/C13H16ClNO3/c1-8-5-9(14)6-10(13(8)17-2)12(16)11-7-15-3-4-18-11/h5-6,11,15H,3-4,7H2,1-2H3. The summed E-state index contributed by atoms with van der Waals surface area (Å²) >= 11 is 6.00. The molecule has 1 aromatic rings. The second kappa shape index (κ2) is 5.69. The van der Waals surface area contributed by atoms with Crippen molar-refractivity contribution in [3.05, 3.63) is 28.3 Å². The Morgan fingerprint density at radius 3 is 2.94 bits per heavy atom. The molecular formula is C13H16ClNO3. The zero-order valence-corrected chi connectivity index (χ0v) is 11.2. The predicted molar refractivity (Wildman–Crippen MR) is 69.7 cm³/mol. The van der Waals surface area contributed by atoms with Gasteiger partial charge in [-0.3, -0.25) is 4.79 Å². The Labute approximate surface area is 111 Å². The number of hydrogen-bond donors (Lipinski definition) is 1. The first-order valence-electron chi connectivity index (χ1n) is 5.84. The molecule has 1 aliphatic heterocycles. The van der Waals surface area contributed by atoms with Crippen molar-refractivity contribution in [3.8, 4) is 5.75 Å². The highest BCUT2D eigenvalue weighted by molar-refractivity contribution is 6.31. The normalized spacial score (nSPS) is 19.6. The molecule has 0 amide bonds. The Kier molecular flexibility index (Phi) is 4.22. The number of rotatable bonds is 3. The van der Waals surface area contributed by atoms with Crippen LogP contribution in [0.1, 0.15) is 15.9 Å². The van der Waals surface area contributed by atoms with Gasteiger partial charge in [-0.25, -0.2) is 0 Å². The lowest BCUT2D eigenvalue weighted by atomic mass is 10.0. The predicted octanol–water partition coefficient (Wildman–Crippen LogP) is 1.83. The van der Waals surface area contributed by atoms with E-state index in [1.54, 1.807) is 19.2 Å². The Balaban J connectivity index is 2.33. The van der Waals surface area contributed by atoms with Crippen LogP contribution in [0.3, 0.4) is 0 Å². The molecule has 1 saturated heterocycles. The van der Waals surface area contributed by atoms with Gasteiger partial charge in [0.05, 0.1) is 19.3 Å². The van der Waals surface area contributed by atoms with Crippen LogP contribution in [-0.2, 0) is 4.74 Å². The van der Waals surface area contributed by atoms with Crippen molar-refractivity contribution in [2.75, 3.05) is 26.8 Å². The molecule has 18 heavy (non-hydrogen) atoms. The van der Waals surface area contributed by atoms with Crippen molar-refractivity contribution in [2.45, 2.75) is 13.0 Å². The first-order chi connectivity index (χ1) is 8.63. The number of benzene rings is 1. The van der Waals surface area contributed by atoms with Crippen LogP contribution >= 0.6 is 11.6 Å². The first kappa shape index (κ1) is 13.3. The molecule has 4 nitrogen and oxygen atoms in total. The van der Waals surface area contributed by atoms with Crippen LogP contribution in [-0.4, -0.2) is 38.7 Å². The van der Waals surface area contributed by atoms with Crippen molar-refractivity contribution in [2.24, 2.45) is 0 Å². The number of hydrogen-bond acceptors (Lipinski definition) is 4. The van der Waals surface area contributed by atoms with Gasteiger partial charge in [-0.05, 0) is 24.6 Å². The summed E-state index contributed by atoms with van der Waals surface area (Å²) in [6.07, 6.45) is -0.467. The van der Waals surface area contributed by atoms with Gasteiger partial charge in [-0.1, -0.05) is 11.6 Å². The monoisotopic (exact) mass is 269 g/mol. The molecule has 0 aromatic heterocycles. The summed E-state index contributed by atoms with van der Waals surface area (Å²) in [5.74, 6) is 0.475. The van der Waals surface area contributed by atoms with Gasteiger partial charge in [0.1, 0.15) is 11.9 Å². The number of nitrogens with one attached hydrogen (secondary N) is 1. The van der Waals surface area contributed by atoms with E-state index < -0.39 is 6.10 Å². The molecule has 0 spiro atoms. The largest absolute Gasteiger partial charge is 0.496 e. The van der Waals surface area contributed by atoms with Gasteiger partial charge in [0.15, 0.2) is 5.78 Å². The molecule has 0 aliphatic carbocycles. The molecule has 1 unspecified atom stereocenters. The van der Waals surface area contributed by atoms with E-state index in [-0.39, 0.29) is 5.78 Å². The van der Waals surface area contributed by atoms with Crippen molar-refractivity contribution >= 4 is 17.4 Å². The minimum absolute atomic E-state index is 0.0929. The van der Waals surface area contributed by atoms with Crippen LogP contribution in [0, 0.1) is 6.92 Å². The Morgan fingerprint density at radius 1 is 1.56 bits per heavy atom. The van der Waals surface area contributed by atoms with Crippen LogP contribution in [0.5, 0.6) is 5.75 Å². The second-order valence-electron chi connectivity index (χ2n) is 4.23. The third-order valence-electron chi connectivity index (χ3n) is 2.93. The van der Waals surface area contributed by atoms with Crippen LogP contribution in [0.4, 0.5) is 0 Å². The number of methoxy groups -OCH3 is 1. The number of aryl methyl sites for hydroxylation is 1. The molecule has 0 bridgehead atoms.